The van der Waals surface area contributed by atoms with Crippen LogP contribution in [0.2, 0.25) is 0 Å². The Kier molecular flexibility index (Phi) is 5.46. The van der Waals surface area contributed by atoms with Crippen molar-refractivity contribution in [2.24, 2.45) is 0 Å². The van der Waals surface area contributed by atoms with Gasteiger partial charge in [0.15, 0.2) is 0 Å². The van der Waals surface area contributed by atoms with Gasteiger partial charge in [-0.05, 0) is 44.9 Å². The van der Waals surface area contributed by atoms with E-state index in [2.05, 4.69) is 40.0 Å². The molecule has 0 unspecified atom stereocenters. The van der Waals surface area contributed by atoms with Crippen molar-refractivity contribution < 1.29 is 8.42 Å². The van der Waals surface area contributed by atoms with Crippen molar-refractivity contribution in [3.63, 3.8) is 0 Å². The van der Waals surface area contributed by atoms with Gasteiger partial charge >= 0.3 is 0 Å². The third-order valence-electron chi connectivity index (χ3n) is 4.54. The second-order valence-corrected chi connectivity index (χ2v) is 9.53. The van der Waals surface area contributed by atoms with Crippen LogP contribution in [0.15, 0.2) is 33.9 Å². The molecule has 9 heteroatoms. The van der Waals surface area contributed by atoms with Crippen molar-refractivity contribution in [2.45, 2.75) is 43.5 Å². The first kappa shape index (κ1) is 19.0. The molecule has 138 valence electrons. The van der Waals surface area contributed by atoms with Crippen LogP contribution in [0.3, 0.4) is 0 Å². The van der Waals surface area contributed by atoms with E-state index in [0.29, 0.717) is 23.1 Å². The number of nitriles is 1. The molecular formula is C17H20BrN5O2S. The first-order valence-corrected chi connectivity index (χ1v) is 10.7. The molecular weight excluding hydrogens is 418 g/mol. The zero-order valence-corrected chi connectivity index (χ0v) is 17.0. The summed E-state index contributed by atoms with van der Waals surface area (Å²) >= 11 is 3.28. The van der Waals surface area contributed by atoms with Gasteiger partial charge in [-0.1, -0.05) is 15.9 Å². The first-order valence-electron chi connectivity index (χ1n) is 8.43. The molecule has 2 aromatic rings. The highest BCUT2D eigenvalue weighted by atomic mass is 79.9. The molecule has 0 N–H and O–H groups in total. The van der Waals surface area contributed by atoms with Crippen LogP contribution < -0.4 is 0 Å². The summed E-state index contributed by atoms with van der Waals surface area (Å²) in [4.78, 5) is 0.134. The predicted molar refractivity (Wildman–Crippen MR) is 100.0 cm³/mol. The van der Waals surface area contributed by atoms with Crippen LogP contribution in [-0.2, 0) is 10.0 Å². The highest BCUT2D eigenvalue weighted by Gasteiger charge is 2.33. The molecule has 0 saturated carbocycles. The van der Waals surface area contributed by atoms with E-state index in [1.54, 1.807) is 12.4 Å². The topological polar surface area (TPSA) is 91.9 Å². The lowest BCUT2D eigenvalue weighted by Crippen LogP contribution is -2.39. The van der Waals surface area contributed by atoms with Gasteiger partial charge in [-0.15, -0.1) is 10.2 Å². The molecule has 1 aliphatic heterocycles. The maximum absolute atomic E-state index is 13.1. The lowest BCUT2D eigenvalue weighted by atomic mass is 9.98. The van der Waals surface area contributed by atoms with Crippen molar-refractivity contribution in [1.29, 1.82) is 5.26 Å². The lowest BCUT2D eigenvalue weighted by molar-refractivity contribution is 0.302. The fourth-order valence-electron chi connectivity index (χ4n) is 3.24. The first-order chi connectivity index (χ1) is 12.3. The molecule has 1 saturated heterocycles. The number of nitrogens with zero attached hydrogens (tertiary/aromatic N) is 5. The molecule has 7 nitrogen and oxygen atoms in total. The molecule has 1 aliphatic rings. The van der Waals surface area contributed by atoms with Crippen molar-refractivity contribution in [3.8, 4) is 6.07 Å². The fourth-order valence-corrected chi connectivity index (χ4v) is 5.48. The standard InChI is InChI=1S/C17H20BrN5O2S/c1-12(2)23-11-20-21-17(23)14-4-3-5-22(10-14)26(24,25)16-7-13(9-19)6-15(18)8-16/h6-8,11-12,14H,3-5,10H2,1-2H3/t14-/m1/s1. The molecule has 0 aliphatic carbocycles. The summed E-state index contributed by atoms with van der Waals surface area (Å²) in [6, 6.07) is 6.77. The second-order valence-electron chi connectivity index (χ2n) is 6.68. The zero-order valence-electron chi connectivity index (χ0n) is 14.6. The summed E-state index contributed by atoms with van der Waals surface area (Å²) < 4.78 is 30.2. The van der Waals surface area contributed by atoms with Gasteiger partial charge in [0, 0.05) is 29.5 Å². The summed E-state index contributed by atoms with van der Waals surface area (Å²) in [6.07, 6.45) is 3.33. The van der Waals surface area contributed by atoms with Gasteiger partial charge in [-0.2, -0.15) is 9.57 Å². The molecule has 26 heavy (non-hydrogen) atoms. The van der Waals surface area contributed by atoms with E-state index < -0.39 is 10.0 Å². The zero-order chi connectivity index (χ0) is 18.9. The highest BCUT2D eigenvalue weighted by Crippen LogP contribution is 2.31. The minimum Gasteiger partial charge on any atom is -0.315 e. The Morgan fingerprint density at radius 1 is 1.35 bits per heavy atom. The summed E-state index contributed by atoms with van der Waals surface area (Å²) in [6.45, 7) is 4.93. The Morgan fingerprint density at radius 2 is 2.12 bits per heavy atom. The fraction of sp³-hybridized carbons (Fsp3) is 0.471. The summed E-state index contributed by atoms with van der Waals surface area (Å²) in [5, 5.41) is 17.3. The largest absolute Gasteiger partial charge is 0.315 e. The van der Waals surface area contributed by atoms with E-state index in [0.717, 1.165) is 18.7 Å². The van der Waals surface area contributed by atoms with Gasteiger partial charge in [-0.3, -0.25) is 0 Å². The summed E-state index contributed by atoms with van der Waals surface area (Å²) in [5.41, 5.74) is 0.311. The van der Waals surface area contributed by atoms with Gasteiger partial charge in [0.05, 0.1) is 16.5 Å². The minimum absolute atomic E-state index is 0.00557. The van der Waals surface area contributed by atoms with E-state index in [1.807, 2.05) is 10.6 Å². The van der Waals surface area contributed by atoms with Crippen LogP contribution in [0.4, 0.5) is 0 Å². The van der Waals surface area contributed by atoms with E-state index in [9.17, 15) is 8.42 Å². The highest BCUT2D eigenvalue weighted by molar-refractivity contribution is 9.10. The number of hydrogen-bond acceptors (Lipinski definition) is 5. The lowest BCUT2D eigenvalue weighted by Gasteiger charge is -2.32. The SMILES string of the molecule is CC(C)n1cnnc1[C@@H]1CCCN(S(=O)(=O)c2cc(Br)cc(C#N)c2)C1. The molecule has 0 amide bonds. The molecule has 1 aromatic carbocycles. The van der Waals surface area contributed by atoms with Crippen molar-refractivity contribution in [1.82, 2.24) is 19.1 Å². The maximum atomic E-state index is 13.1. The van der Waals surface area contributed by atoms with Crippen LogP contribution >= 0.6 is 15.9 Å². The van der Waals surface area contributed by atoms with Crippen LogP contribution in [0.1, 0.15) is 50.0 Å². The molecule has 1 fully saturated rings. The minimum atomic E-state index is -3.68. The Hall–Kier alpha value is -1.76. The van der Waals surface area contributed by atoms with Gasteiger partial charge in [-0.25, -0.2) is 8.42 Å². The predicted octanol–water partition coefficient (Wildman–Crippen LogP) is 3.06. The Morgan fingerprint density at radius 3 is 2.81 bits per heavy atom. The number of benzene rings is 1. The molecule has 0 bridgehead atoms. The van der Waals surface area contributed by atoms with Crippen LogP contribution in [-0.4, -0.2) is 40.6 Å². The number of rotatable bonds is 4. The van der Waals surface area contributed by atoms with E-state index >= 15 is 0 Å². The molecule has 0 spiro atoms. The molecule has 0 radical (unpaired) electrons. The average Bonchev–Trinajstić information content (AvgIpc) is 3.11. The van der Waals surface area contributed by atoms with E-state index in [1.165, 1.54) is 16.4 Å². The monoisotopic (exact) mass is 437 g/mol. The van der Waals surface area contributed by atoms with Crippen molar-refractivity contribution in [3.05, 3.63) is 40.4 Å². The van der Waals surface area contributed by atoms with Gasteiger partial charge in [0.2, 0.25) is 10.0 Å². The smallest absolute Gasteiger partial charge is 0.243 e. The maximum Gasteiger partial charge on any atom is 0.243 e. The van der Waals surface area contributed by atoms with Crippen LogP contribution in [0, 0.1) is 11.3 Å². The number of sulfonamides is 1. The quantitative estimate of drug-likeness (QED) is 0.732. The van der Waals surface area contributed by atoms with E-state index in [4.69, 9.17) is 5.26 Å². The average molecular weight is 438 g/mol. The summed E-state index contributed by atoms with van der Waals surface area (Å²) in [7, 11) is -3.68. The third kappa shape index (κ3) is 3.68. The number of hydrogen-bond donors (Lipinski definition) is 0. The van der Waals surface area contributed by atoms with Gasteiger partial charge in [0.1, 0.15) is 12.2 Å². The summed E-state index contributed by atoms with van der Waals surface area (Å²) in [5.74, 6) is 0.831. The van der Waals surface area contributed by atoms with Crippen LogP contribution in [0.25, 0.3) is 0 Å². The third-order valence-corrected chi connectivity index (χ3v) is 6.85. The van der Waals surface area contributed by atoms with E-state index in [-0.39, 0.29) is 16.9 Å². The van der Waals surface area contributed by atoms with Gasteiger partial charge in [0.25, 0.3) is 0 Å². The molecule has 2 heterocycles. The number of halogens is 1. The second kappa shape index (κ2) is 7.47. The Labute approximate surface area is 161 Å². The molecule has 1 atom stereocenters. The normalized spacial score (nSPS) is 18.8. The van der Waals surface area contributed by atoms with Crippen molar-refractivity contribution in [2.75, 3.05) is 13.1 Å². The van der Waals surface area contributed by atoms with Crippen molar-refractivity contribution >= 4 is 26.0 Å². The molecule has 1 aromatic heterocycles. The number of piperidine rings is 1. The Balaban J connectivity index is 1.90. The van der Waals surface area contributed by atoms with Gasteiger partial charge < -0.3 is 4.57 Å². The number of aromatic nitrogens is 3. The molecule has 3 rings (SSSR count). The Bertz CT molecular complexity index is 948. The van der Waals surface area contributed by atoms with Crippen LogP contribution in [0.5, 0.6) is 0 Å².